The van der Waals surface area contributed by atoms with Gasteiger partial charge in [0.25, 0.3) is 5.56 Å². The number of carbonyl (C=O) groups excluding carboxylic acids is 1. The van der Waals surface area contributed by atoms with E-state index >= 15 is 0 Å². The minimum absolute atomic E-state index is 0.0786. The van der Waals surface area contributed by atoms with E-state index in [1.807, 2.05) is 36.4 Å². The van der Waals surface area contributed by atoms with Crippen molar-refractivity contribution in [2.75, 3.05) is 26.5 Å². The molecule has 0 saturated heterocycles. The van der Waals surface area contributed by atoms with Crippen molar-refractivity contribution >= 4 is 43.2 Å². The largest absolute Gasteiger partial charge is 0.495 e. The van der Waals surface area contributed by atoms with Crippen LogP contribution in [0.5, 0.6) is 5.75 Å². The van der Waals surface area contributed by atoms with Gasteiger partial charge in [-0.2, -0.15) is 0 Å². The van der Waals surface area contributed by atoms with Crippen molar-refractivity contribution in [3.8, 4) is 16.2 Å². The van der Waals surface area contributed by atoms with Crippen LogP contribution < -0.4 is 15.6 Å². The number of thiophene rings is 1. The molecule has 176 valence electrons. The number of amides is 1. The second kappa shape index (κ2) is 9.37. The quantitative estimate of drug-likeness (QED) is 0.419. The highest BCUT2D eigenvalue weighted by Crippen LogP contribution is 2.31. The van der Waals surface area contributed by atoms with E-state index in [1.54, 1.807) is 0 Å². The molecular formula is C23H22N4O5S2. The molecule has 4 aromatic rings. The molecule has 2 heterocycles. The van der Waals surface area contributed by atoms with Gasteiger partial charge in [0.15, 0.2) is 0 Å². The highest BCUT2D eigenvalue weighted by atomic mass is 32.2. The standard InChI is InChI=1S/C23H22N4O5S2/c1-26(2)34(30,31)20-11-16(9-10-18(20)32-3)25-21(28)13-27-14-24-17-12-19(33-22(17)23(27)29)15-7-5-4-6-8-15/h4-12,14H,13H2,1-3H3,(H,25,28). The Kier molecular flexibility index (Phi) is 6.51. The summed E-state index contributed by atoms with van der Waals surface area (Å²) in [5.41, 5.74) is 1.49. The molecule has 0 unspecified atom stereocenters. The van der Waals surface area contributed by atoms with Crippen molar-refractivity contribution in [1.82, 2.24) is 13.9 Å². The lowest BCUT2D eigenvalue weighted by Crippen LogP contribution is -2.27. The summed E-state index contributed by atoms with van der Waals surface area (Å²) in [6, 6.07) is 15.8. The van der Waals surface area contributed by atoms with Gasteiger partial charge < -0.3 is 10.1 Å². The molecule has 4 rings (SSSR count). The number of anilines is 1. The number of nitrogens with zero attached hydrogens (tertiary/aromatic N) is 3. The Morgan fingerprint density at radius 1 is 1.15 bits per heavy atom. The third-order valence-corrected chi connectivity index (χ3v) is 8.08. The number of fused-ring (bicyclic) bond motifs is 1. The maximum atomic E-state index is 13.0. The van der Waals surface area contributed by atoms with Gasteiger partial charge >= 0.3 is 0 Å². The van der Waals surface area contributed by atoms with E-state index in [1.165, 1.54) is 61.6 Å². The van der Waals surface area contributed by atoms with Gasteiger partial charge in [-0.15, -0.1) is 11.3 Å². The smallest absolute Gasteiger partial charge is 0.271 e. The van der Waals surface area contributed by atoms with Crippen molar-refractivity contribution in [3.63, 3.8) is 0 Å². The fourth-order valence-corrected chi connectivity index (χ4v) is 5.45. The number of carbonyl (C=O) groups is 1. The number of hydrogen-bond donors (Lipinski definition) is 1. The lowest BCUT2D eigenvalue weighted by atomic mass is 10.2. The van der Waals surface area contributed by atoms with E-state index in [-0.39, 0.29) is 28.4 Å². The number of hydrogen-bond acceptors (Lipinski definition) is 7. The number of nitrogens with one attached hydrogen (secondary N) is 1. The fourth-order valence-electron chi connectivity index (χ4n) is 3.31. The number of ether oxygens (including phenoxy) is 1. The lowest BCUT2D eigenvalue weighted by Gasteiger charge is -2.16. The Morgan fingerprint density at radius 2 is 1.88 bits per heavy atom. The van der Waals surface area contributed by atoms with Crippen molar-refractivity contribution in [2.45, 2.75) is 11.4 Å². The van der Waals surface area contributed by atoms with Crippen LogP contribution in [0.25, 0.3) is 20.7 Å². The van der Waals surface area contributed by atoms with Gasteiger partial charge in [0.05, 0.1) is 19.0 Å². The van der Waals surface area contributed by atoms with Crippen molar-refractivity contribution in [3.05, 3.63) is 71.3 Å². The summed E-state index contributed by atoms with van der Waals surface area (Å²) in [5, 5.41) is 2.64. The number of aromatic nitrogens is 2. The van der Waals surface area contributed by atoms with E-state index in [0.29, 0.717) is 10.2 Å². The molecule has 0 spiro atoms. The topological polar surface area (TPSA) is 111 Å². The predicted molar refractivity (Wildman–Crippen MR) is 132 cm³/mol. The maximum absolute atomic E-state index is 13.0. The highest BCUT2D eigenvalue weighted by Gasteiger charge is 2.23. The van der Waals surface area contributed by atoms with Crippen molar-refractivity contribution in [1.29, 1.82) is 0 Å². The molecule has 1 N–H and O–H groups in total. The van der Waals surface area contributed by atoms with Crippen LogP contribution in [0.3, 0.4) is 0 Å². The molecule has 0 radical (unpaired) electrons. The summed E-state index contributed by atoms with van der Waals surface area (Å²) in [5.74, 6) is -0.342. The molecule has 2 aromatic heterocycles. The van der Waals surface area contributed by atoms with Crippen LogP contribution in [0.4, 0.5) is 5.69 Å². The molecule has 0 aliphatic heterocycles. The Labute approximate surface area is 200 Å². The molecule has 0 atom stereocenters. The van der Waals surface area contributed by atoms with Gasteiger partial charge in [-0.05, 0) is 29.8 Å². The number of rotatable bonds is 7. The van der Waals surface area contributed by atoms with Gasteiger partial charge in [-0.25, -0.2) is 17.7 Å². The second-order valence-corrected chi connectivity index (χ2v) is 10.7. The van der Waals surface area contributed by atoms with E-state index in [0.717, 1.165) is 14.7 Å². The molecule has 2 aromatic carbocycles. The molecule has 0 aliphatic rings. The van der Waals surface area contributed by atoms with Crippen LogP contribution in [0.2, 0.25) is 0 Å². The highest BCUT2D eigenvalue weighted by molar-refractivity contribution is 7.89. The van der Waals surface area contributed by atoms with Crippen LogP contribution >= 0.6 is 11.3 Å². The zero-order valence-corrected chi connectivity index (χ0v) is 20.3. The van der Waals surface area contributed by atoms with Crippen LogP contribution in [-0.2, 0) is 21.4 Å². The zero-order valence-electron chi connectivity index (χ0n) is 18.7. The first-order valence-electron chi connectivity index (χ1n) is 10.2. The Bertz CT molecular complexity index is 1530. The molecular weight excluding hydrogens is 476 g/mol. The normalized spacial score (nSPS) is 11.6. The molecule has 1 amide bonds. The first kappa shape index (κ1) is 23.6. The molecule has 0 saturated carbocycles. The summed E-state index contributed by atoms with van der Waals surface area (Å²) < 4.78 is 33.1. The Hall–Kier alpha value is -3.54. The number of methoxy groups -OCH3 is 1. The van der Waals surface area contributed by atoms with Crippen LogP contribution in [0.1, 0.15) is 0 Å². The SMILES string of the molecule is COc1ccc(NC(=O)Cn2cnc3cc(-c4ccccc4)sc3c2=O)cc1S(=O)(=O)N(C)C. The van der Waals surface area contributed by atoms with E-state index in [2.05, 4.69) is 10.3 Å². The average molecular weight is 499 g/mol. The zero-order chi connectivity index (χ0) is 24.5. The van der Waals surface area contributed by atoms with Gasteiger partial charge in [-0.1, -0.05) is 30.3 Å². The van der Waals surface area contributed by atoms with Crippen molar-refractivity contribution in [2.24, 2.45) is 0 Å². The molecule has 0 bridgehead atoms. The monoisotopic (exact) mass is 498 g/mol. The van der Waals surface area contributed by atoms with Gasteiger partial charge in [0, 0.05) is 24.7 Å². The van der Waals surface area contributed by atoms with Crippen LogP contribution in [-0.4, -0.2) is 49.4 Å². The Morgan fingerprint density at radius 3 is 2.56 bits per heavy atom. The van der Waals surface area contributed by atoms with E-state index < -0.39 is 15.9 Å². The summed E-state index contributed by atoms with van der Waals surface area (Å²) in [7, 11) is 0.384. The first-order valence-corrected chi connectivity index (χ1v) is 12.4. The third-order valence-electron chi connectivity index (χ3n) is 5.08. The molecule has 9 nitrogen and oxygen atoms in total. The van der Waals surface area contributed by atoms with Gasteiger partial charge in [-0.3, -0.25) is 14.2 Å². The molecule has 34 heavy (non-hydrogen) atoms. The number of benzene rings is 2. The number of sulfonamides is 1. The maximum Gasteiger partial charge on any atom is 0.271 e. The summed E-state index contributed by atoms with van der Waals surface area (Å²) >= 11 is 1.32. The predicted octanol–water partition coefficient (Wildman–Crippen LogP) is 3.02. The fraction of sp³-hybridized carbons (Fsp3) is 0.174. The second-order valence-electron chi connectivity index (χ2n) is 7.57. The lowest BCUT2D eigenvalue weighted by molar-refractivity contribution is -0.116. The summed E-state index contributed by atoms with van der Waals surface area (Å²) in [6.07, 6.45) is 1.34. The average Bonchev–Trinajstić information content (AvgIpc) is 3.26. The molecule has 11 heteroatoms. The molecule has 0 aliphatic carbocycles. The van der Waals surface area contributed by atoms with E-state index in [4.69, 9.17) is 4.74 Å². The molecule has 0 fully saturated rings. The van der Waals surface area contributed by atoms with Crippen LogP contribution in [0.15, 0.2) is 70.6 Å². The minimum Gasteiger partial charge on any atom is -0.495 e. The summed E-state index contributed by atoms with van der Waals surface area (Å²) in [4.78, 5) is 30.8. The van der Waals surface area contributed by atoms with Crippen LogP contribution in [0, 0.1) is 0 Å². The van der Waals surface area contributed by atoms with E-state index in [9.17, 15) is 18.0 Å². The van der Waals surface area contributed by atoms with Crippen molar-refractivity contribution < 1.29 is 17.9 Å². The summed E-state index contributed by atoms with van der Waals surface area (Å²) in [6.45, 7) is -0.276. The third kappa shape index (κ3) is 4.58. The minimum atomic E-state index is -3.80. The van der Waals surface area contributed by atoms with Gasteiger partial charge in [0.1, 0.15) is 21.9 Å². The first-order chi connectivity index (χ1) is 16.2. The van der Waals surface area contributed by atoms with Gasteiger partial charge in [0.2, 0.25) is 15.9 Å². The Balaban J connectivity index is 1.58.